The van der Waals surface area contributed by atoms with Crippen LogP contribution in [-0.4, -0.2) is 32.0 Å². The molecule has 29 heavy (non-hydrogen) atoms. The molecule has 0 radical (unpaired) electrons. The maximum Gasteiger partial charge on any atom is 0.344 e. The number of rotatable bonds is 10. The molecule has 0 fully saturated rings. The molecule has 2 aromatic carbocycles. The summed E-state index contributed by atoms with van der Waals surface area (Å²) in [5.74, 6) is 0.188. The average molecular weight is 460 g/mol. The number of carbonyl (C=O) groups is 1. The molecule has 1 N–H and O–H groups in total. The SMILES string of the molecule is CCOC(=O)COc1c(Cl)cc(/C=N/NCc2c(Cl)cccc2Cl)cc1OCC. The van der Waals surface area contributed by atoms with Crippen LogP contribution in [0.4, 0.5) is 0 Å². The number of hydrogen-bond acceptors (Lipinski definition) is 6. The fraction of sp³-hybridized carbons (Fsp3) is 0.300. The highest BCUT2D eigenvalue weighted by atomic mass is 35.5. The zero-order chi connectivity index (χ0) is 21.2. The van der Waals surface area contributed by atoms with Gasteiger partial charge < -0.3 is 19.6 Å². The zero-order valence-electron chi connectivity index (χ0n) is 16.0. The molecule has 0 aliphatic rings. The van der Waals surface area contributed by atoms with Gasteiger partial charge in [-0.2, -0.15) is 5.10 Å². The van der Waals surface area contributed by atoms with E-state index in [0.717, 1.165) is 5.56 Å². The third-order valence-corrected chi connectivity index (χ3v) is 4.58. The van der Waals surface area contributed by atoms with E-state index in [1.54, 1.807) is 43.5 Å². The molecule has 0 saturated heterocycles. The van der Waals surface area contributed by atoms with Gasteiger partial charge in [-0.3, -0.25) is 0 Å². The molecule has 0 aliphatic heterocycles. The van der Waals surface area contributed by atoms with Crippen molar-refractivity contribution in [2.24, 2.45) is 5.10 Å². The summed E-state index contributed by atoms with van der Waals surface area (Å²) >= 11 is 18.6. The van der Waals surface area contributed by atoms with Crippen LogP contribution in [0.15, 0.2) is 35.4 Å². The van der Waals surface area contributed by atoms with Crippen LogP contribution < -0.4 is 14.9 Å². The Balaban J connectivity index is 2.08. The molecule has 0 amide bonds. The highest BCUT2D eigenvalue weighted by Gasteiger charge is 2.14. The van der Waals surface area contributed by atoms with Crippen molar-refractivity contribution in [2.75, 3.05) is 19.8 Å². The monoisotopic (exact) mass is 458 g/mol. The molecule has 0 saturated carbocycles. The van der Waals surface area contributed by atoms with Crippen molar-refractivity contribution < 1.29 is 19.0 Å². The van der Waals surface area contributed by atoms with Gasteiger partial charge in [0.1, 0.15) is 0 Å². The van der Waals surface area contributed by atoms with Crippen LogP contribution in [-0.2, 0) is 16.1 Å². The summed E-state index contributed by atoms with van der Waals surface area (Å²) in [4.78, 5) is 11.5. The number of benzene rings is 2. The van der Waals surface area contributed by atoms with E-state index in [1.807, 2.05) is 6.92 Å². The van der Waals surface area contributed by atoms with Crippen LogP contribution in [0.2, 0.25) is 15.1 Å². The van der Waals surface area contributed by atoms with Gasteiger partial charge in [0, 0.05) is 15.6 Å². The zero-order valence-corrected chi connectivity index (χ0v) is 18.3. The van der Waals surface area contributed by atoms with Crippen LogP contribution in [0, 0.1) is 0 Å². The topological polar surface area (TPSA) is 69.2 Å². The normalized spacial score (nSPS) is 10.8. The molecule has 2 aromatic rings. The summed E-state index contributed by atoms with van der Waals surface area (Å²) < 4.78 is 15.9. The molecule has 0 spiro atoms. The van der Waals surface area contributed by atoms with Crippen LogP contribution in [0.5, 0.6) is 11.5 Å². The van der Waals surface area contributed by atoms with E-state index in [-0.39, 0.29) is 24.0 Å². The molecule has 0 aromatic heterocycles. The van der Waals surface area contributed by atoms with Crippen LogP contribution in [0.1, 0.15) is 25.0 Å². The van der Waals surface area contributed by atoms with Crippen molar-refractivity contribution in [3.8, 4) is 11.5 Å². The number of esters is 1. The van der Waals surface area contributed by atoms with Gasteiger partial charge in [0.25, 0.3) is 0 Å². The first-order chi connectivity index (χ1) is 14.0. The Hall–Kier alpha value is -2.15. The number of nitrogens with one attached hydrogen (secondary N) is 1. The van der Waals surface area contributed by atoms with Crippen molar-refractivity contribution in [2.45, 2.75) is 20.4 Å². The highest BCUT2D eigenvalue weighted by molar-refractivity contribution is 6.36. The van der Waals surface area contributed by atoms with E-state index >= 15 is 0 Å². The van der Waals surface area contributed by atoms with Crippen molar-refractivity contribution in [3.63, 3.8) is 0 Å². The van der Waals surface area contributed by atoms with Gasteiger partial charge in [-0.25, -0.2) is 4.79 Å². The average Bonchev–Trinajstić information content (AvgIpc) is 2.67. The van der Waals surface area contributed by atoms with Crippen molar-refractivity contribution in [1.29, 1.82) is 0 Å². The molecule has 6 nitrogen and oxygen atoms in total. The van der Waals surface area contributed by atoms with Gasteiger partial charge in [-0.15, -0.1) is 0 Å². The second-order valence-corrected chi connectivity index (χ2v) is 6.87. The number of carbonyl (C=O) groups excluding carboxylic acids is 1. The molecule has 156 valence electrons. The lowest BCUT2D eigenvalue weighted by Crippen LogP contribution is -2.15. The van der Waals surface area contributed by atoms with E-state index in [0.29, 0.717) is 34.5 Å². The number of nitrogens with zero attached hydrogens (tertiary/aromatic N) is 1. The Morgan fingerprint density at radius 1 is 1.07 bits per heavy atom. The Morgan fingerprint density at radius 2 is 1.79 bits per heavy atom. The van der Waals surface area contributed by atoms with E-state index < -0.39 is 5.97 Å². The summed E-state index contributed by atoms with van der Waals surface area (Å²) in [5.41, 5.74) is 4.33. The minimum absolute atomic E-state index is 0.263. The van der Waals surface area contributed by atoms with E-state index in [1.165, 1.54) is 0 Å². The third-order valence-electron chi connectivity index (χ3n) is 3.59. The maximum atomic E-state index is 11.5. The summed E-state index contributed by atoms with van der Waals surface area (Å²) in [6.07, 6.45) is 1.58. The van der Waals surface area contributed by atoms with Crippen molar-refractivity contribution >= 4 is 47.0 Å². The minimum Gasteiger partial charge on any atom is -0.490 e. The Labute approximate surface area is 184 Å². The number of halogens is 3. The van der Waals surface area contributed by atoms with Gasteiger partial charge in [0.15, 0.2) is 18.1 Å². The number of hydrazone groups is 1. The lowest BCUT2D eigenvalue weighted by molar-refractivity contribution is -0.145. The highest BCUT2D eigenvalue weighted by Crippen LogP contribution is 2.36. The maximum absolute atomic E-state index is 11.5. The molecule has 9 heteroatoms. The van der Waals surface area contributed by atoms with Gasteiger partial charge in [-0.1, -0.05) is 40.9 Å². The summed E-state index contributed by atoms with van der Waals surface area (Å²) in [5, 5.41) is 5.58. The Morgan fingerprint density at radius 3 is 2.45 bits per heavy atom. The van der Waals surface area contributed by atoms with E-state index in [2.05, 4.69) is 10.5 Å². The van der Waals surface area contributed by atoms with Crippen molar-refractivity contribution in [3.05, 3.63) is 56.5 Å². The third kappa shape index (κ3) is 6.99. The first-order valence-electron chi connectivity index (χ1n) is 8.89. The predicted octanol–water partition coefficient (Wildman–Crippen LogP) is 5.11. The molecule has 0 unspecified atom stereocenters. The summed E-state index contributed by atoms with van der Waals surface area (Å²) in [6.45, 7) is 4.33. The second-order valence-electron chi connectivity index (χ2n) is 5.65. The summed E-state index contributed by atoms with van der Waals surface area (Å²) in [6, 6.07) is 8.66. The van der Waals surface area contributed by atoms with Gasteiger partial charge >= 0.3 is 5.97 Å². The Kier molecular flexibility index (Phi) is 9.38. The molecule has 0 heterocycles. The first-order valence-corrected chi connectivity index (χ1v) is 10.0. The second kappa shape index (κ2) is 11.8. The molecule has 2 rings (SSSR count). The van der Waals surface area contributed by atoms with Crippen LogP contribution in [0.25, 0.3) is 0 Å². The van der Waals surface area contributed by atoms with Crippen LogP contribution in [0.3, 0.4) is 0 Å². The molecular formula is C20H21Cl3N2O4. The number of hydrogen-bond donors (Lipinski definition) is 1. The molecule has 0 atom stereocenters. The molecule has 0 aliphatic carbocycles. The number of ether oxygens (including phenoxy) is 3. The lowest BCUT2D eigenvalue weighted by atomic mass is 10.2. The fourth-order valence-corrected chi connectivity index (χ4v) is 3.15. The molecule has 0 bridgehead atoms. The quantitative estimate of drug-likeness (QED) is 0.304. The smallest absolute Gasteiger partial charge is 0.344 e. The van der Waals surface area contributed by atoms with Gasteiger partial charge in [-0.05, 0) is 43.7 Å². The fourth-order valence-electron chi connectivity index (χ4n) is 2.35. The first kappa shape index (κ1) is 23.1. The standard InChI is InChI=1S/C20H21Cl3N2O4/c1-3-27-18-9-13(8-17(23)20(18)29-12-19(26)28-4-2)10-24-25-11-14-15(21)6-5-7-16(14)22/h5-10,25H,3-4,11-12H2,1-2H3/b24-10+. The van der Waals surface area contributed by atoms with Crippen molar-refractivity contribution in [1.82, 2.24) is 5.43 Å². The van der Waals surface area contributed by atoms with E-state index in [9.17, 15) is 4.79 Å². The van der Waals surface area contributed by atoms with Gasteiger partial charge in [0.05, 0.1) is 31.0 Å². The van der Waals surface area contributed by atoms with Gasteiger partial charge in [0.2, 0.25) is 0 Å². The van der Waals surface area contributed by atoms with E-state index in [4.69, 9.17) is 49.0 Å². The Bertz CT molecular complexity index is 855. The summed E-state index contributed by atoms with van der Waals surface area (Å²) in [7, 11) is 0. The minimum atomic E-state index is -0.487. The lowest BCUT2D eigenvalue weighted by Gasteiger charge is -2.14. The van der Waals surface area contributed by atoms with Crippen LogP contribution >= 0.6 is 34.8 Å². The molecular weight excluding hydrogens is 439 g/mol. The largest absolute Gasteiger partial charge is 0.490 e. The predicted molar refractivity (Wildman–Crippen MR) is 116 cm³/mol.